The van der Waals surface area contributed by atoms with Gasteiger partial charge in [0, 0.05) is 23.1 Å². The SMILES string of the molecule is N/C(=N/O)c1cc(Br)ccc1NC(=O)N1CCOCC1. The fourth-order valence-electron chi connectivity index (χ4n) is 1.85. The molecular formula is C12H15BrN4O3. The van der Waals surface area contributed by atoms with Crippen molar-refractivity contribution in [3.05, 3.63) is 28.2 Å². The number of rotatable bonds is 2. The third-order valence-corrected chi connectivity index (χ3v) is 3.40. The van der Waals surface area contributed by atoms with Crippen LogP contribution in [0.3, 0.4) is 0 Å². The highest BCUT2D eigenvalue weighted by molar-refractivity contribution is 9.10. The van der Waals surface area contributed by atoms with Gasteiger partial charge in [-0.25, -0.2) is 4.79 Å². The van der Waals surface area contributed by atoms with Crippen LogP contribution in [0.25, 0.3) is 0 Å². The topological polar surface area (TPSA) is 100 Å². The number of nitrogens with zero attached hydrogens (tertiary/aromatic N) is 2. The maximum atomic E-state index is 12.1. The predicted octanol–water partition coefficient (Wildman–Crippen LogP) is 1.41. The lowest BCUT2D eigenvalue weighted by Crippen LogP contribution is -2.43. The average Bonchev–Trinajstić information content (AvgIpc) is 2.49. The minimum Gasteiger partial charge on any atom is -0.409 e. The first-order valence-electron chi connectivity index (χ1n) is 6.03. The molecule has 0 radical (unpaired) electrons. The number of nitrogens with one attached hydrogen (secondary N) is 1. The van der Waals surface area contributed by atoms with Crippen molar-refractivity contribution in [3.8, 4) is 0 Å². The maximum absolute atomic E-state index is 12.1. The number of amidine groups is 1. The van der Waals surface area contributed by atoms with Crippen molar-refractivity contribution >= 4 is 33.5 Å². The normalized spacial score (nSPS) is 16.1. The Balaban J connectivity index is 2.18. The van der Waals surface area contributed by atoms with Gasteiger partial charge in [-0.2, -0.15) is 0 Å². The van der Waals surface area contributed by atoms with Crippen LogP contribution in [0.4, 0.5) is 10.5 Å². The van der Waals surface area contributed by atoms with Crippen LogP contribution < -0.4 is 11.1 Å². The number of urea groups is 1. The van der Waals surface area contributed by atoms with E-state index < -0.39 is 0 Å². The molecule has 0 aliphatic carbocycles. The Bertz CT molecular complexity index is 529. The van der Waals surface area contributed by atoms with Crippen LogP contribution in [0.1, 0.15) is 5.56 Å². The average molecular weight is 343 g/mol. The molecule has 0 bridgehead atoms. The number of anilines is 1. The van der Waals surface area contributed by atoms with Crippen LogP contribution in [-0.4, -0.2) is 48.3 Å². The Kier molecular flexibility index (Phi) is 4.80. The van der Waals surface area contributed by atoms with Gasteiger partial charge in [-0.3, -0.25) is 0 Å². The van der Waals surface area contributed by atoms with Crippen LogP contribution in [0, 0.1) is 0 Å². The highest BCUT2D eigenvalue weighted by Crippen LogP contribution is 2.21. The number of nitrogens with two attached hydrogens (primary N) is 1. The summed E-state index contributed by atoms with van der Waals surface area (Å²) in [5.41, 5.74) is 6.55. The second-order valence-corrected chi connectivity index (χ2v) is 5.12. The van der Waals surface area contributed by atoms with Crippen LogP contribution in [0.15, 0.2) is 27.8 Å². The van der Waals surface area contributed by atoms with E-state index in [0.29, 0.717) is 37.6 Å². The molecule has 1 aliphatic rings. The monoisotopic (exact) mass is 342 g/mol. The molecule has 0 unspecified atom stereocenters. The van der Waals surface area contributed by atoms with Crippen LogP contribution >= 0.6 is 15.9 Å². The van der Waals surface area contributed by atoms with Gasteiger partial charge in [0.25, 0.3) is 0 Å². The summed E-state index contributed by atoms with van der Waals surface area (Å²) in [7, 11) is 0. The Morgan fingerprint density at radius 3 is 2.80 bits per heavy atom. The number of benzene rings is 1. The smallest absolute Gasteiger partial charge is 0.322 e. The van der Waals surface area contributed by atoms with Gasteiger partial charge in [0.05, 0.1) is 18.9 Å². The summed E-state index contributed by atoms with van der Waals surface area (Å²) in [6.07, 6.45) is 0. The van der Waals surface area contributed by atoms with Crippen LogP contribution in [0.2, 0.25) is 0 Å². The Morgan fingerprint density at radius 2 is 2.15 bits per heavy atom. The summed E-state index contributed by atoms with van der Waals surface area (Å²) in [4.78, 5) is 13.8. The molecule has 1 aromatic carbocycles. The minimum absolute atomic E-state index is 0.0661. The first-order chi connectivity index (χ1) is 9.61. The van der Waals surface area contributed by atoms with E-state index in [9.17, 15) is 4.79 Å². The molecule has 0 saturated carbocycles. The maximum Gasteiger partial charge on any atom is 0.322 e. The molecule has 0 aromatic heterocycles. The molecule has 20 heavy (non-hydrogen) atoms. The number of oxime groups is 1. The Hall–Kier alpha value is -1.80. The number of hydrogen-bond donors (Lipinski definition) is 3. The number of hydrogen-bond acceptors (Lipinski definition) is 4. The van der Waals surface area contributed by atoms with Gasteiger partial charge in [0.2, 0.25) is 0 Å². The van der Waals surface area contributed by atoms with Crippen molar-refractivity contribution in [2.75, 3.05) is 31.6 Å². The van der Waals surface area contributed by atoms with Crippen LogP contribution in [0.5, 0.6) is 0 Å². The van der Waals surface area contributed by atoms with E-state index >= 15 is 0 Å². The first kappa shape index (κ1) is 14.6. The molecular weight excluding hydrogens is 328 g/mol. The molecule has 1 fully saturated rings. The second kappa shape index (κ2) is 6.58. The number of halogens is 1. The fourth-order valence-corrected chi connectivity index (χ4v) is 2.21. The molecule has 4 N–H and O–H groups in total. The second-order valence-electron chi connectivity index (χ2n) is 4.20. The standard InChI is InChI=1S/C12H15BrN4O3/c13-8-1-2-10(9(7-8)11(14)16-19)15-12(18)17-3-5-20-6-4-17/h1-2,7,19H,3-6H2,(H2,14,16)(H,15,18). The van der Waals surface area contributed by atoms with Crippen molar-refractivity contribution in [1.82, 2.24) is 4.90 Å². The summed E-state index contributed by atoms with van der Waals surface area (Å²) in [6.45, 7) is 2.14. The van der Waals surface area contributed by atoms with E-state index in [1.807, 2.05) is 0 Å². The van der Waals surface area contributed by atoms with Gasteiger partial charge < -0.3 is 25.9 Å². The molecule has 0 spiro atoms. The Morgan fingerprint density at radius 1 is 1.45 bits per heavy atom. The van der Waals surface area contributed by atoms with E-state index in [1.165, 1.54) is 0 Å². The van der Waals surface area contributed by atoms with Crippen molar-refractivity contribution < 1.29 is 14.7 Å². The molecule has 8 heteroatoms. The molecule has 2 rings (SSSR count). The third-order valence-electron chi connectivity index (χ3n) is 2.91. The summed E-state index contributed by atoms with van der Waals surface area (Å²) in [6, 6.07) is 4.89. The molecule has 1 heterocycles. The molecule has 2 amide bonds. The molecule has 1 aliphatic heterocycles. The summed E-state index contributed by atoms with van der Waals surface area (Å²) >= 11 is 3.30. The number of carbonyl (C=O) groups is 1. The van der Waals surface area contributed by atoms with Crippen molar-refractivity contribution in [2.24, 2.45) is 10.9 Å². The number of amides is 2. The van der Waals surface area contributed by atoms with E-state index in [2.05, 4.69) is 26.4 Å². The molecule has 0 atom stereocenters. The van der Waals surface area contributed by atoms with E-state index in [1.54, 1.807) is 23.1 Å². The third kappa shape index (κ3) is 3.40. The van der Waals surface area contributed by atoms with Gasteiger partial charge in [-0.1, -0.05) is 21.1 Å². The highest BCUT2D eigenvalue weighted by Gasteiger charge is 2.18. The quantitative estimate of drug-likeness (QED) is 0.327. The van der Waals surface area contributed by atoms with Gasteiger partial charge in [-0.15, -0.1) is 0 Å². The van der Waals surface area contributed by atoms with Gasteiger partial charge in [0.15, 0.2) is 5.84 Å². The van der Waals surface area contributed by atoms with E-state index in [0.717, 1.165) is 4.47 Å². The summed E-state index contributed by atoms with van der Waals surface area (Å²) in [5, 5.41) is 14.5. The molecule has 1 aromatic rings. The largest absolute Gasteiger partial charge is 0.409 e. The first-order valence-corrected chi connectivity index (χ1v) is 6.82. The van der Waals surface area contributed by atoms with Crippen molar-refractivity contribution in [1.29, 1.82) is 0 Å². The van der Waals surface area contributed by atoms with Crippen molar-refractivity contribution in [3.63, 3.8) is 0 Å². The zero-order valence-electron chi connectivity index (χ0n) is 10.7. The zero-order chi connectivity index (χ0) is 14.5. The van der Waals surface area contributed by atoms with E-state index in [-0.39, 0.29) is 11.9 Å². The number of ether oxygens (including phenoxy) is 1. The predicted molar refractivity (Wildman–Crippen MR) is 78.1 cm³/mol. The lowest BCUT2D eigenvalue weighted by molar-refractivity contribution is 0.0564. The zero-order valence-corrected chi connectivity index (χ0v) is 12.3. The van der Waals surface area contributed by atoms with Gasteiger partial charge in [-0.05, 0) is 18.2 Å². The number of carbonyl (C=O) groups excluding carboxylic acids is 1. The number of morpholine rings is 1. The van der Waals surface area contributed by atoms with Gasteiger partial charge in [0.1, 0.15) is 0 Å². The molecule has 7 nitrogen and oxygen atoms in total. The van der Waals surface area contributed by atoms with Crippen LogP contribution in [-0.2, 0) is 4.74 Å². The highest BCUT2D eigenvalue weighted by atomic mass is 79.9. The summed E-state index contributed by atoms with van der Waals surface area (Å²) < 4.78 is 5.96. The van der Waals surface area contributed by atoms with Gasteiger partial charge >= 0.3 is 6.03 Å². The molecule has 108 valence electrons. The Labute approximate surface area is 124 Å². The summed E-state index contributed by atoms with van der Waals surface area (Å²) in [5.74, 6) is -0.0661. The van der Waals surface area contributed by atoms with Crippen molar-refractivity contribution in [2.45, 2.75) is 0 Å². The van der Waals surface area contributed by atoms with E-state index in [4.69, 9.17) is 15.7 Å². The lowest BCUT2D eigenvalue weighted by atomic mass is 10.1. The lowest BCUT2D eigenvalue weighted by Gasteiger charge is -2.27. The minimum atomic E-state index is -0.234. The fraction of sp³-hybridized carbons (Fsp3) is 0.333. The molecule has 1 saturated heterocycles.